The molecule has 21 atom stereocenters. The van der Waals surface area contributed by atoms with Gasteiger partial charge in [-0.2, -0.15) is 0 Å². The van der Waals surface area contributed by atoms with Crippen molar-refractivity contribution in [3.63, 3.8) is 0 Å². The molecule has 6 heterocycles. The number of aliphatic hydroxyl groups excluding tert-OH is 2. The van der Waals surface area contributed by atoms with E-state index < -0.39 is 96.8 Å². The van der Waals surface area contributed by atoms with Crippen molar-refractivity contribution < 1.29 is 77.4 Å². The summed E-state index contributed by atoms with van der Waals surface area (Å²) >= 11 is 0. The Morgan fingerprint density at radius 2 is 1.48 bits per heavy atom. The van der Waals surface area contributed by atoms with Crippen molar-refractivity contribution in [3.8, 4) is 0 Å². The Kier molecular flexibility index (Phi) is 25.5. The number of aliphatic carboxylic acids is 1. The molecule has 0 saturated carbocycles. The third kappa shape index (κ3) is 17.3. The number of unbranched alkanes of at least 4 members (excludes halogenated alkanes) is 9. The van der Waals surface area contributed by atoms with Crippen molar-refractivity contribution in [3.05, 3.63) is 71.4 Å². The molecule has 1 spiro atoms. The molecular formula is C66H104O16. The zero-order chi connectivity index (χ0) is 59.1. The lowest BCUT2D eigenvalue weighted by molar-refractivity contribution is -0.318. The van der Waals surface area contributed by atoms with Gasteiger partial charge in [0.25, 0.3) is 0 Å². The topological polar surface area (TPSA) is 207 Å². The molecule has 16 nitrogen and oxygen atoms in total. The second kappa shape index (κ2) is 31.5. The molecule has 2 aliphatic carbocycles. The summed E-state index contributed by atoms with van der Waals surface area (Å²) in [5.41, 5.74) is 0.134. The van der Waals surface area contributed by atoms with Crippen LogP contribution >= 0.6 is 0 Å². The van der Waals surface area contributed by atoms with Gasteiger partial charge in [0.15, 0.2) is 18.4 Å². The zero-order valence-electron chi connectivity index (χ0n) is 51.2. The number of carbonyl (C=O) groups is 2. The van der Waals surface area contributed by atoms with Gasteiger partial charge < -0.3 is 67.8 Å². The first-order chi connectivity index (χ1) is 39.3. The molecule has 21 unspecified atom stereocenters. The number of hydrogen-bond donors (Lipinski definition) is 4. The molecule has 8 rings (SSSR count). The molecule has 4 N–H and O–H groups in total. The average molecular weight is 1150 g/mol. The summed E-state index contributed by atoms with van der Waals surface area (Å²) in [5.74, 6) is -2.33. The normalized spacial score (nSPS) is 39.8. The lowest BCUT2D eigenvalue weighted by atomic mass is 9.71. The van der Waals surface area contributed by atoms with Crippen LogP contribution in [0.5, 0.6) is 0 Å². The molecule has 464 valence electrons. The Morgan fingerprint density at radius 3 is 2.15 bits per heavy atom. The highest BCUT2D eigenvalue weighted by Crippen LogP contribution is 2.47. The molecule has 6 aliphatic heterocycles. The largest absolute Gasteiger partial charge is 0.481 e. The van der Waals surface area contributed by atoms with Crippen molar-refractivity contribution in [2.24, 2.45) is 29.6 Å². The fourth-order valence-electron chi connectivity index (χ4n) is 13.6. The summed E-state index contributed by atoms with van der Waals surface area (Å²) in [6.45, 7) is 16.1. The van der Waals surface area contributed by atoms with Crippen LogP contribution in [0.4, 0.5) is 0 Å². The number of carbonyl (C=O) groups excluding carboxylic acids is 1. The summed E-state index contributed by atoms with van der Waals surface area (Å²) in [4.78, 5) is 24.7. The highest BCUT2D eigenvalue weighted by Gasteiger charge is 2.60. The van der Waals surface area contributed by atoms with Gasteiger partial charge in [0.2, 0.25) is 0 Å². The number of fused-ring (bicyclic) bond motifs is 2. The van der Waals surface area contributed by atoms with Crippen molar-refractivity contribution in [1.82, 2.24) is 0 Å². The number of aliphatic hydroxyl groups is 3. The zero-order valence-corrected chi connectivity index (χ0v) is 51.2. The average Bonchev–Trinajstić information content (AvgIpc) is 4.13. The first kappa shape index (κ1) is 66.4. The monoisotopic (exact) mass is 1150 g/mol. The predicted octanol–water partition coefficient (Wildman–Crippen LogP) is 11.1. The van der Waals surface area contributed by atoms with Gasteiger partial charge in [-0.15, -0.1) is 0 Å². The molecular weight excluding hydrogens is 1050 g/mol. The minimum Gasteiger partial charge on any atom is -0.481 e. The Bertz CT molecular complexity index is 2210. The van der Waals surface area contributed by atoms with Crippen LogP contribution in [0.15, 0.2) is 71.4 Å². The van der Waals surface area contributed by atoms with E-state index in [1.165, 1.54) is 70.6 Å². The number of allylic oxidation sites excluding steroid dienone is 4. The highest BCUT2D eigenvalue weighted by atomic mass is 16.7. The van der Waals surface area contributed by atoms with Crippen molar-refractivity contribution in [2.75, 3.05) is 20.8 Å². The van der Waals surface area contributed by atoms with Crippen LogP contribution in [0.1, 0.15) is 184 Å². The standard InChI is InChI=1S/C48H72O14.C18H32O2/c1-11-25(2)43-28(5)17-18-47(62-43)23-34-20-33(61-47)16-15-27(4)42(26(3)13-12-14-32-24-55-45-40(49)29(6)19-35(46(51)58-34)48(32,45)52)59-39-22-37(54-10)44(31(8)57-39)60-38-21-36(53-9)41(50)30(7)56-38;19-18(20)16-10-8-6-4-2-1-3-5-7-9-13-17-14-11-12-15-17/h12-15,17-19,25-26,28,30-31,33-45,49-50,52H,11,16,20-24H2,1-10H3;11,14,17H,1-10,12-13,15-16H2,(H,19,20). The molecule has 0 aromatic carbocycles. The van der Waals surface area contributed by atoms with Gasteiger partial charge >= 0.3 is 11.9 Å². The van der Waals surface area contributed by atoms with Gasteiger partial charge in [-0.25, -0.2) is 0 Å². The first-order valence-electron chi connectivity index (χ1n) is 31.5. The number of methoxy groups -OCH3 is 2. The van der Waals surface area contributed by atoms with Crippen LogP contribution in [0.2, 0.25) is 0 Å². The minimum atomic E-state index is -1.84. The van der Waals surface area contributed by atoms with E-state index in [-0.39, 0.29) is 42.7 Å². The van der Waals surface area contributed by atoms with Gasteiger partial charge in [0.1, 0.15) is 42.0 Å². The smallest absolute Gasteiger partial charge is 0.316 e. The summed E-state index contributed by atoms with van der Waals surface area (Å²) in [7, 11) is 3.22. The van der Waals surface area contributed by atoms with Crippen molar-refractivity contribution in [2.45, 2.75) is 281 Å². The van der Waals surface area contributed by atoms with E-state index in [1.807, 2.05) is 32.1 Å². The number of hydrogen-bond acceptors (Lipinski definition) is 15. The van der Waals surface area contributed by atoms with Gasteiger partial charge in [-0.1, -0.05) is 141 Å². The van der Waals surface area contributed by atoms with Gasteiger partial charge in [-0.05, 0) is 94.4 Å². The summed E-state index contributed by atoms with van der Waals surface area (Å²) in [5, 5.41) is 42.8. The molecule has 16 heteroatoms. The maximum atomic E-state index is 14.3. The van der Waals surface area contributed by atoms with Crippen LogP contribution in [0.25, 0.3) is 0 Å². The second-order valence-corrected chi connectivity index (χ2v) is 25.2. The maximum absolute atomic E-state index is 14.3. The lowest BCUT2D eigenvalue weighted by Gasteiger charge is -2.48. The number of esters is 1. The van der Waals surface area contributed by atoms with Crippen molar-refractivity contribution in [1.29, 1.82) is 0 Å². The summed E-state index contributed by atoms with van der Waals surface area (Å²) in [6, 6.07) is 0. The third-order valence-corrected chi connectivity index (χ3v) is 18.8. The van der Waals surface area contributed by atoms with Gasteiger partial charge in [-0.3, -0.25) is 9.59 Å². The van der Waals surface area contributed by atoms with E-state index in [9.17, 15) is 24.9 Å². The lowest BCUT2D eigenvalue weighted by Crippen LogP contribution is -2.58. The molecule has 0 amide bonds. The van der Waals surface area contributed by atoms with Crippen LogP contribution in [0.3, 0.4) is 0 Å². The predicted molar refractivity (Wildman–Crippen MR) is 312 cm³/mol. The maximum Gasteiger partial charge on any atom is 0.316 e. The van der Waals surface area contributed by atoms with E-state index in [4.69, 9.17) is 52.5 Å². The molecule has 2 bridgehead atoms. The molecule has 0 aromatic rings. The Labute approximate surface area is 490 Å². The first-order valence-corrected chi connectivity index (χ1v) is 31.5. The number of carboxylic acid groups (broad SMARTS) is 1. The van der Waals surface area contributed by atoms with E-state index in [0.717, 1.165) is 30.8 Å². The summed E-state index contributed by atoms with van der Waals surface area (Å²) < 4.78 is 63.7. The van der Waals surface area contributed by atoms with Crippen LogP contribution < -0.4 is 0 Å². The molecule has 0 aromatic heterocycles. The highest BCUT2D eigenvalue weighted by molar-refractivity contribution is 5.78. The fourth-order valence-corrected chi connectivity index (χ4v) is 13.6. The van der Waals surface area contributed by atoms with E-state index in [1.54, 1.807) is 40.2 Å². The van der Waals surface area contributed by atoms with E-state index in [0.29, 0.717) is 49.7 Å². The SMILES string of the molecule is CCC(C)C1OC2(C=CC1C)CC1CC(CC=C(C)C(OC3CC(OC)C(OC4CC(OC)C(O)C(C)O4)C(C)O3)C(C)C=CC=C3COC4C(O)C(C)=CC(C(=O)O1)C34O)O2.O=C(O)CCCCCCCCCCCCC1C=CCC1. The van der Waals surface area contributed by atoms with E-state index >= 15 is 0 Å². The minimum absolute atomic E-state index is 0.0317. The van der Waals surface area contributed by atoms with Gasteiger partial charge in [0.05, 0.1) is 49.3 Å². The molecule has 8 aliphatic rings. The van der Waals surface area contributed by atoms with Crippen molar-refractivity contribution >= 4 is 11.9 Å². The molecule has 0 radical (unpaired) electrons. The summed E-state index contributed by atoms with van der Waals surface area (Å²) in [6.07, 6.45) is 30.4. The van der Waals surface area contributed by atoms with E-state index in [2.05, 4.69) is 52.0 Å². The Balaban J connectivity index is 0.000000409. The molecule has 4 fully saturated rings. The quantitative estimate of drug-likeness (QED) is 0.0479. The number of carboxylic acids is 1. The molecule has 82 heavy (non-hydrogen) atoms. The van der Waals surface area contributed by atoms with Crippen LogP contribution in [0, 0.1) is 29.6 Å². The number of ether oxygens (including phenoxy) is 10. The fraction of sp³-hybridized carbons (Fsp3) is 0.788. The Morgan fingerprint density at radius 1 is 0.805 bits per heavy atom. The molecule has 4 saturated heterocycles. The van der Waals surface area contributed by atoms with Crippen LogP contribution in [-0.2, 0) is 57.0 Å². The second-order valence-electron chi connectivity index (χ2n) is 25.2. The van der Waals surface area contributed by atoms with Gasteiger partial charge in [0, 0.05) is 58.2 Å². The number of rotatable bonds is 21. The third-order valence-electron chi connectivity index (χ3n) is 18.8. The Hall–Kier alpha value is -3.10. The van der Waals surface area contributed by atoms with Crippen LogP contribution in [-0.4, -0.2) is 150 Å².